The second kappa shape index (κ2) is 11.8. The van der Waals surface area contributed by atoms with Gasteiger partial charge >= 0.3 is 0 Å². The zero-order valence-corrected chi connectivity index (χ0v) is 10.5. The molecule has 1 nitrogen and oxygen atoms in total. The maximum Gasteiger partial charge on any atom is 0.00417 e. The van der Waals surface area contributed by atoms with Crippen LogP contribution in [0.15, 0.2) is 12.7 Å². The van der Waals surface area contributed by atoms with Crippen molar-refractivity contribution in [3.05, 3.63) is 12.7 Å². The first-order chi connectivity index (χ1) is 7.31. The Morgan fingerprint density at radius 1 is 1.00 bits per heavy atom. The van der Waals surface area contributed by atoms with Crippen LogP contribution in [-0.2, 0) is 0 Å². The molecule has 0 fully saturated rings. The van der Waals surface area contributed by atoms with E-state index >= 15 is 0 Å². The molecule has 0 aliphatic carbocycles. The quantitative estimate of drug-likeness (QED) is 0.397. The van der Waals surface area contributed by atoms with Crippen molar-refractivity contribution in [1.82, 2.24) is 0 Å². The molecule has 15 heavy (non-hydrogen) atoms. The Labute approximate surface area is 96.1 Å². The van der Waals surface area contributed by atoms with Gasteiger partial charge in [0, 0.05) is 6.04 Å². The molecule has 0 aliphatic heterocycles. The molecular weight excluding hydrogens is 182 g/mol. The van der Waals surface area contributed by atoms with E-state index in [0.717, 1.165) is 12.8 Å². The second-order valence-corrected chi connectivity index (χ2v) is 4.54. The van der Waals surface area contributed by atoms with Gasteiger partial charge in [-0.1, -0.05) is 57.9 Å². The zero-order valence-electron chi connectivity index (χ0n) is 10.5. The van der Waals surface area contributed by atoms with Gasteiger partial charge in [-0.3, -0.25) is 0 Å². The van der Waals surface area contributed by atoms with Crippen molar-refractivity contribution in [2.24, 2.45) is 5.73 Å². The lowest BCUT2D eigenvalue weighted by atomic mass is 10.0. The molecule has 0 spiro atoms. The Kier molecular flexibility index (Phi) is 11.5. The van der Waals surface area contributed by atoms with Crippen LogP contribution >= 0.6 is 0 Å². The highest BCUT2D eigenvalue weighted by atomic mass is 14.6. The molecule has 1 unspecified atom stereocenters. The number of unbranched alkanes of at least 4 members (excludes halogenated alkanes) is 6. The van der Waals surface area contributed by atoms with Crippen LogP contribution in [0, 0.1) is 0 Å². The Morgan fingerprint density at radius 2 is 1.60 bits per heavy atom. The van der Waals surface area contributed by atoms with E-state index in [-0.39, 0.29) is 0 Å². The summed E-state index contributed by atoms with van der Waals surface area (Å²) in [6.45, 7) is 5.98. The van der Waals surface area contributed by atoms with Gasteiger partial charge in [0.1, 0.15) is 0 Å². The number of rotatable bonds is 11. The van der Waals surface area contributed by atoms with Crippen molar-refractivity contribution in [2.45, 2.75) is 77.2 Å². The molecular formula is C14H29N. The molecule has 1 atom stereocenters. The SMILES string of the molecule is C=CCCC(N)CCCCCCCCC. The van der Waals surface area contributed by atoms with E-state index in [0.29, 0.717) is 6.04 Å². The lowest BCUT2D eigenvalue weighted by Crippen LogP contribution is -2.19. The highest BCUT2D eigenvalue weighted by Gasteiger charge is 2.00. The predicted molar refractivity (Wildman–Crippen MR) is 70.0 cm³/mol. The first kappa shape index (κ1) is 14.7. The second-order valence-electron chi connectivity index (χ2n) is 4.54. The smallest absolute Gasteiger partial charge is 0.00417 e. The van der Waals surface area contributed by atoms with Crippen molar-refractivity contribution in [3.8, 4) is 0 Å². The van der Waals surface area contributed by atoms with E-state index in [1.54, 1.807) is 0 Å². The fourth-order valence-electron chi connectivity index (χ4n) is 1.84. The predicted octanol–water partition coefficient (Wildman–Crippen LogP) is 4.42. The summed E-state index contributed by atoms with van der Waals surface area (Å²) in [6.07, 6.45) is 15.0. The number of allylic oxidation sites excluding steroid dienone is 1. The van der Waals surface area contributed by atoms with Gasteiger partial charge < -0.3 is 5.73 Å². The van der Waals surface area contributed by atoms with Crippen molar-refractivity contribution in [2.75, 3.05) is 0 Å². The van der Waals surface area contributed by atoms with Crippen molar-refractivity contribution in [3.63, 3.8) is 0 Å². The first-order valence-electron chi connectivity index (χ1n) is 6.67. The minimum Gasteiger partial charge on any atom is -0.328 e. The van der Waals surface area contributed by atoms with Crippen LogP contribution in [0.3, 0.4) is 0 Å². The minimum atomic E-state index is 0.402. The van der Waals surface area contributed by atoms with Gasteiger partial charge in [-0.25, -0.2) is 0 Å². The molecule has 0 aromatic rings. The molecule has 0 aromatic heterocycles. The molecule has 0 aliphatic rings. The highest BCUT2D eigenvalue weighted by molar-refractivity contribution is 4.71. The molecule has 0 radical (unpaired) electrons. The van der Waals surface area contributed by atoms with Gasteiger partial charge in [0.15, 0.2) is 0 Å². The summed E-state index contributed by atoms with van der Waals surface area (Å²) in [4.78, 5) is 0. The zero-order chi connectivity index (χ0) is 11.4. The van der Waals surface area contributed by atoms with Gasteiger partial charge in [-0.2, -0.15) is 0 Å². The molecule has 0 rings (SSSR count). The van der Waals surface area contributed by atoms with Gasteiger partial charge in [0.05, 0.1) is 0 Å². The average molecular weight is 211 g/mol. The van der Waals surface area contributed by atoms with Gasteiger partial charge in [0.2, 0.25) is 0 Å². The van der Waals surface area contributed by atoms with E-state index in [4.69, 9.17) is 5.73 Å². The van der Waals surface area contributed by atoms with Gasteiger partial charge in [0.25, 0.3) is 0 Å². The summed E-state index contributed by atoms with van der Waals surface area (Å²) < 4.78 is 0. The third kappa shape index (κ3) is 11.6. The number of nitrogens with two attached hydrogens (primary N) is 1. The standard InChI is InChI=1S/C14H29N/c1-3-5-7-8-9-10-11-13-14(15)12-6-4-2/h4,14H,2-3,5-13,15H2,1H3. The molecule has 0 bridgehead atoms. The van der Waals surface area contributed by atoms with E-state index in [9.17, 15) is 0 Å². The lowest BCUT2D eigenvalue weighted by Gasteiger charge is -2.09. The van der Waals surface area contributed by atoms with Crippen LogP contribution in [0.4, 0.5) is 0 Å². The van der Waals surface area contributed by atoms with Crippen LogP contribution < -0.4 is 5.73 Å². The number of hydrogen-bond acceptors (Lipinski definition) is 1. The van der Waals surface area contributed by atoms with E-state index in [2.05, 4.69) is 13.5 Å². The van der Waals surface area contributed by atoms with Crippen LogP contribution in [0.25, 0.3) is 0 Å². The van der Waals surface area contributed by atoms with Crippen molar-refractivity contribution < 1.29 is 0 Å². The lowest BCUT2D eigenvalue weighted by molar-refractivity contribution is 0.512. The average Bonchev–Trinajstić information content (AvgIpc) is 2.25. The van der Waals surface area contributed by atoms with E-state index in [1.807, 2.05) is 6.08 Å². The van der Waals surface area contributed by atoms with Crippen LogP contribution in [0.2, 0.25) is 0 Å². The first-order valence-corrected chi connectivity index (χ1v) is 6.67. The summed E-state index contributed by atoms with van der Waals surface area (Å²) in [6, 6.07) is 0.402. The third-order valence-corrected chi connectivity index (χ3v) is 2.92. The molecule has 2 N–H and O–H groups in total. The van der Waals surface area contributed by atoms with Gasteiger partial charge in [-0.15, -0.1) is 6.58 Å². The van der Waals surface area contributed by atoms with Crippen molar-refractivity contribution in [1.29, 1.82) is 0 Å². The Hall–Kier alpha value is -0.300. The Bertz CT molecular complexity index is 131. The molecule has 90 valence electrons. The van der Waals surface area contributed by atoms with E-state index < -0.39 is 0 Å². The maximum atomic E-state index is 5.97. The van der Waals surface area contributed by atoms with Crippen LogP contribution in [0.1, 0.15) is 71.1 Å². The van der Waals surface area contributed by atoms with E-state index in [1.165, 1.54) is 51.4 Å². The highest BCUT2D eigenvalue weighted by Crippen LogP contribution is 2.10. The van der Waals surface area contributed by atoms with Gasteiger partial charge in [-0.05, 0) is 19.3 Å². The summed E-state index contributed by atoms with van der Waals surface area (Å²) >= 11 is 0. The molecule has 1 heteroatoms. The molecule has 0 saturated carbocycles. The summed E-state index contributed by atoms with van der Waals surface area (Å²) in [5, 5.41) is 0. The number of hydrogen-bond donors (Lipinski definition) is 1. The molecule has 0 aromatic carbocycles. The normalized spacial score (nSPS) is 12.7. The minimum absolute atomic E-state index is 0.402. The monoisotopic (exact) mass is 211 g/mol. The molecule has 0 saturated heterocycles. The van der Waals surface area contributed by atoms with Crippen molar-refractivity contribution >= 4 is 0 Å². The topological polar surface area (TPSA) is 26.0 Å². The summed E-state index contributed by atoms with van der Waals surface area (Å²) in [7, 11) is 0. The Balaban J connectivity index is 3.05. The van der Waals surface area contributed by atoms with Crippen LogP contribution in [0.5, 0.6) is 0 Å². The Morgan fingerprint density at radius 3 is 2.20 bits per heavy atom. The fourth-order valence-corrected chi connectivity index (χ4v) is 1.84. The summed E-state index contributed by atoms with van der Waals surface area (Å²) in [5.41, 5.74) is 5.97. The van der Waals surface area contributed by atoms with Crippen LogP contribution in [-0.4, -0.2) is 6.04 Å². The summed E-state index contributed by atoms with van der Waals surface area (Å²) in [5.74, 6) is 0. The largest absolute Gasteiger partial charge is 0.328 e. The molecule has 0 amide bonds. The fraction of sp³-hybridized carbons (Fsp3) is 0.857. The maximum absolute atomic E-state index is 5.97. The third-order valence-electron chi connectivity index (χ3n) is 2.92. The molecule has 0 heterocycles.